The summed E-state index contributed by atoms with van der Waals surface area (Å²) in [5, 5.41) is 0.189. The van der Waals surface area contributed by atoms with Gasteiger partial charge in [-0.15, -0.1) is 0 Å². The highest BCUT2D eigenvalue weighted by atomic mass is 28.4. The smallest absolute Gasteiger partial charge is 0.250 e. The predicted molar refractivity (Wildman–Crippen MR) is 77.4 cm³/mol. The minimum Gasteiger partial charge on any atom is -0.544 e. The Morgan fingerprint density at radius 1 is 1.06 bits per heavy atom. The molecule has 0 amide bonds. The number of rotatable bonds is 4. The first-order valence-electron chi connectivity index (χ1n) is 6.07. The van der Waals surface area contributed by atoms with Crippen molar-refractivity contribution in [1.82, 2.24) is 0 Å². The van der Waals surface area contributed by atoms with Gasteiger partial charge in [0.2, 0.25) is 8.32 Å². The lowest BCUT2D eigenvalue weighted by atomic mass is 10.2. The van der Waals surface area contributed by atoms with Crippen molar-refractivity contribution in [2.75, 3.05) is 0 Å². The lowest BCUT2D eigenvalue weighted by molar-refractivity contribution is 0.0762. The van der Waals surface area contributed by atoms with Crippen LogP contribution < -0.4 is 0 Å². The van der Waals surface area contributed by atoms with Crippen molar-refractivity contribution in [1.29, 1.82) is 0 Å². The van der Waals surface area contributed by atoms with Crippen molar-refractivity contribution in [2.24, 2.45) is 0 Å². The molecule has 0 radical (unpaired) electrons. The van der Waals surface area contributed by atoms with Crippen LogP contribution in [0.5, 0.6) is 0 Å². The van der Waals surface area contributed by atoms with Gasteiger partial charge in [-0.3, -0.25) is 0 Å². The second kappa shape index (κ2) is 5.30. The molecule has 0 saturated heterocycles. The van der Waals surface area contributed by atoms with Crippen LogP contribution >= 0.6 is 0 Å². The highest BCUT2D eigenvalue weighted by Crippen LogP contribution is 2.37. The Morgan fingerprint density at radius 2 is 1.53 bits per heavy atom. The first-order chi connectivity index (χ1) is 7.35. The molecule has 0 rings (SSSR count). The zero-order chi connectivity index (χ0) is 13.9. The van der Waals surface area contributed by atoms with Crippen LogP contribution in [-0.2, 0) is 9.16 Å². The molecule has 3 heteroatoms. The van der Waals surface area contributed by atoms with Crippen LogP contribution in [0.1, 0.15) is 41.5 Å². The van der Waals surface area contributed by atoms with Gasteiger partial charge in [0.05, 0.1) is 17.6 Å². The molecular weight excluding hydrogens is 228 g/mol. The average Bonchev–Trinajstić information content (AvgIpc) is 1.97. The average molecular weight is 256 g/mol. The van der Waals surface area contributed by atoms with Crippen LogP contribution in [0.3, 0.4) is 0 Å². The van der Waals surface area contributed by atoms with Gasteiger partial charge in [-0.05, 0) is 38.9 Å². The minimum atomic E-state index is -1.77. The normalized spacial score (nSPS) is 13.9. The summed E-state index contributed by atoms with van der Waals surface area (Å²) in [7, 11) is -1.77. The molecular formula is C14H28O2Si. The molecule has 0 unspecified atom stereocenters. The van der Waals surface area contributed by atoms with Gasteiger partial charge < -0.3 is 9.16 Å². The van der Waals surface area contributed by atoms with Crippen LogP contribution in [0, 0.1) is 0 Å². The van der Waals surface area contributed by atoms with E-state index in [1.165, 1.54) is 0 Å². The molecule has 0 aromatic carbocycles. The van der Waals surface area contributed by atoms with Gasteiger partial charge in [0.1, 0.15) is 0 Å². The van der Waals surface area contributed by atoms with Crippen LogP contribution in [-0.4, -0.2) is 13.9 Å². The largest absolute Gasteiger partial charge is 0.544 e. The van der Waals surface area contributed by atoms with Gasteiger partial charge in [-0.25, -0.2) is 0 Å². The summed E-state index contributed by atoms with van der Waals surface area (Å²) >= 11 is 0. The quantitative estimate of drug-likeness (QED) is 0.406. The molecule has 100 valence electrons. The predicted octanol–water partition coefficient (Wildman–Crippen LogP) is 4.85. The number of hydrogen-bond donors (Lipinski definition) is 0. The summed E-state index contributed by atoms with van der Waals surface area (Å²) in [6.45, 7) is 21.0. The Kier molecular flexibility index (Phi) is 5.08. The highest BCUT2D eigenvalue weighted by Gasteiger charge is 2.38. The molecule has 0 fully saturated rings. The number of ether oxygens (including phenoxy) is 1. The molecule has 0 N–H and O–H groups in total. The standard InChI is InChI=1S/C14H28O2Si/c1-12(10-11-15-13(2,3)4)16-17(8,9)14(5,6)7/h10-11H,1H2,2-9H3/b11-10+. The number of hydrogen-bond acceptors (Lipinski definition) is 2. The van der Waals surface area contributed by atoms with Crippen molar-refractivity contribution in [2.45, 2.75) is 65.3 Å². The van der Waals surface area contributed by atoms with Gasteiger partial charge in [0.25, 0.3) is 0 Å². The van der Waals surface area contributed by atoms with Gasteiger partial charge in [0, 0.05) is 6.08 Å². The Labute approximate surface area is 108 Å². The van der Waals surface area contributed by atoms with E-state index in [0.29, 0.717) is 5.76 Å². The topological polar surface area (TPSA) is 18.5 Å². The van der Waals surface area contributed by atoms with Gasteiger partial charge >= 0.3 is 0 Å². The Hall–Kier alpha value is -0.703. The highest BCUT2D eigenvalue weighted by molar-refractivity contribution is 6.74. The third-order valence-corrected chi connectivity index (χ3v) is 7.25. The van der Waals surface area contributed by atoms with Gasteiger partial charge in [0.15, 0.2) is 0 Å². The fourth-order valence-corrected chi connectivity index (χ4v) is 1.86. The molecule has 0 atom stereocenters. The Bertz CT molecular complexity index is 290. The molecule has 0 saturated carbocycles. The van der Waals surface area contributed by atoms with Crippen LogP contribution in [0.15, 0.2) is 24.7 Å². The minimum absolute atomic E-state index is 0.173. The first kappa shape index (κ1) is 16.3. The molecule has 0 spiro atoms. The summed E-state index contributed by atoms with van der Waals surface area (Å²) in [6, 6.07) is 0. The van der Waals surface area contributed by atoms with E-state index in [0.717, 1.165) is 0 Å². The van der Waals surface area contributed by atoms with E-state index in [9.17, 15) is 0 Å². The molecule has 0 aromatic heterocycles. The zero-order valence-electron chi connectivity index (χ0n) is 12.7. The maximum Gasteiger partial charge on any atom is 0.250 e. The molecule has 0 heterocycles. The maximum atomic E-state index is 5.99. The van der Waals surface area contributed by atoms with E-state index in [4.69, 9.17) is 9.16 Å². The summed E-state index contributed by atoms with van der Waals surface area (Å²) < 4.78 is 11.5. The molecule has 0 aromatic rings. The van der Waals surface area contributed by atoms with E-state index in [-0.39, 0.29) is 10.6 Å². The third kappa shape index (κ3) is 6.57. The van der Waals surface area contributed by atoms with Gasteiger partial charge in [-0.2, -0.15) is 0 Å². The van der Waals surface area contributed by atoms with Crippen LogP contribution in [0.2, 0.25) is 18.1 Å². The Morgan fingerprint density at radius 3 is 1.88 bits per heavy atom. The van der Waals surface area contributed by atoms with Crippen molar-refractivity contribution >= 4 is 8.32 Å². The number of allylic oxidation sites excluding steroid dienone is 1. The fraction of sp³-hybridized carbons (Fsp3) is 0.714. The van der Waals surface area contributed by atoms with E-state index < -0.39 is 8.32 Å². The lowest BCUT2D eigenvalue weighted by Crippen LogP contribution is -2.40. The summed E-state index contributed by atoms with van der Waals surface area (Å²) in [6.07, 6.45) is 3.46. The molecule has 0 bridgehead atoms. The second-order valence-corrected chi connectivity index (χ2v) is 11.6. The molecule has 0 aliphatic heterocycles. The Balaban J connectivity index is 4.38. The summed E-state index contributed by atoms with van der Waals surface area (Å²) in [5.74, 6) is 0.681. The first-order valence-corrected chi connectivity index (χ1v) is 8.98. The van der Waals surface area contributed by atoms with Crippen molar-refractivity contribution in [3.63, 3.8) is 0 Å². The van der Waals surface area contributed by atoms with E-state index in [1.807, 2.05) is 20.8 Å². The molecule has 17 heavy (non-hydrogen) atoms. The van der Waals surface area contributed by atoms with Gasteiger partial charge in [-0.1, -0.05) is 27.4 Å². The van der Waals surface area contributed by atoms with Crippen molar-refractivity contribution in [3.05, 3.63) is 24.7 Å². The molecule has 0 aliphatic carbocycles. The lowest BCUT2D eigenvalue weighted by Gasteiger charge is -2.36. The van der Waals surface area contributed by atoms with Crippen LogP contribution in [0.25, 0.3) is 0 Å². The van der Waals surface area contributed by atoms with E-state index in [2.05, 4.69) is 40.4 Å². The second-order valence-electron chi connectivity index (χ2n) is 6.86. The molecule has 0 aliphatic rings. The van der Waals surface area contributed by atoms with Crippen molar-refractivity contribution in [3.8, 4) is 0 Å². The van der Waals surface area contributed by atoms with Crippen LogP contribution in [0.4, 0.5) is 0 Å². The van der Waals surface area contributed by atoms with Crippen molar-refractivity contribution < 1.29 is 9.16 Å². The maximum absolute atomic E-state index is 5.99. The third-order valence-electron chi connectivity index (χ3n) is 2.87. The van der Waals surface area contributed by atoms with E-state index in [1.54, 1.807) is 12.3 Å². The SMILES string of the molecule is C=C(/C=C/OC(C)(C)C)O[Si](C)(C)C(C)(C)C. The fourth-order valence-electron chi connectivity index (χ4n) is 0.829. The summed E-state index contributed by atoms with van der Waals surface area (Å²) in [4.78, 5) is 0. The monoisotopic (exact) mass is 256 g/mol. The van der Waals surface area contributed by atoms with E-state index >= 15 is 0 Å². The molecule has 2 nitrogen and oxygen atoms in total. The zero-order valence-corrected chi connectivity index (χ0v) is 13.7. The summed E-state index contributed by atoms with van der Waals surface area (Å²) in [5.41, 5.74) is -0.173.